The molecular weight excluding hydrogens is 282 g/mol. The number of aryl methyl sites for hydroxylation is 1. The molecule has 0 spiro atoms. The normalized spacial score (nSPS) is 16.8. The summed E-state index contributed by atoms with van der Waals surface area (Å²) < 4.78 is 2.08. The maximum absolute atomic E-state index is 6.43. The van der Waals surface area contributed by atoms with Crippen LogP contribution in [-0.4, -0.2) is 16.3 Å². The van der Waals surface area contributed by atoms with E-state index in [4.69, 9.17) is 11.6 Å². The Bertz CT molecular complexity index is 465. The predicted octanol–water partition coefficient (Wildman–Crippen LogP) is 4.88. The van der Waals surface area contributed by atoms with Crippen molar-refractivity contribution in [2.45, 2.75) is 71.4 Å². The van der Waals surface area contributed by atoms with Crippen molar-refractivity contribution in [3.05, 3.63) is 28.6 Å². The lowest BCUT2D eigenvalue weighted by Crippen LogP contribution is -2.26. The van der Waals surface area contributed by atoms with Crippen LogP contribution in [0.4, 0.5) is 0 Å². The summed E-state index contributed by atoms with van der Waals surface area (Å²) >= 11 is 6.43. The lowest BCUT2D eigenvalue weighted by molar-refractivity contribution is 0.459. The molecule has 1 aliphatic rings. The summed E-state index contributed by atoms with van der Waals surface area (Å²) in [7, 11) is 0. The van der Waals surface area contributed by atoms with Gasteiger partial charge in [-0.3, -0.25) is 4.68 Å². The highest BCUT2D eigenvalue weighted by molar-refractivity contribution is 6.31. The molecule has 21 heavy (non-hydrogen) atoms. The molecule has 0 saturated heterocycles. The Kier molecular flexibility index (Phi) is 6.78. The summed E-state index contributed by atoms with van der Waals surface area (Å²) in [5.74, 6) is 0. The van der Waals surface area contributed by atoms with Gasteiger partial charge in [0.05, 0.1) is 23.0 Å². The highest BCUT2D eigenvalue weighted by atomic mass is 35.5. The van der Waals surface area contributed by atoms with E-state index in [0.717, 1.165) is 37.4 Å². The minimum atomic E-state index is 0.288. The fourth-order valence-electron chi connectivity index (χ4n) is 3.04. The summed E-state index contributed by atoms with van der Waals surface area (Å²) in [5, 5.41) is 8.92. The van der Waals surface area contributed by atoms with E-state index in [0.29, 0.717) is 0 Å². The molecule has 0 fully saturated rings. The Morgan fingerprint density at radius 2 is 2.19 bits per heavy atom. The lowest BCUT2D eigenvalue weighted by atomic mass is 9.93. The molecule has 0 amide bonds. The summed E-state index contributed by atoms with van der Waals surface area (Å²) in [6, 6.07) is 0.288. The van der Waals surface area contributed by atoms with E-state index in [1.165, 1.54) is 31.4 Å². The van der Waals surface area contributed by atoms with Crippen LogP contribution in [0.15, 0.2) is 17.8 Å². The largest absolute Gasteiger partial charge is 0.308 e. The second kappa shape index (κ2) is 8.60. The Morgan fingerprint density at radius 3 is 2.86 bits per heavy atom. The van der Waals surface area contributed by atoms with E-state index in [1.807, 2.05) is 0 Å². The van der Waals surface area contributed by atoms with E-state index in [2.05, 4.69) is 35.0 Å². The molecule has 0 aliphatic heterocycles. The number of hydrogen-bond donors (Lipinski definition) is 1. The summed E-state index contributed by atoms with van der Waals surface area (Å²) in [4.78, 5) is 0. The van der Waals surface area contributed by atoms with Crippen molar-refractivity contribution in [1.82, 2.24) is 15.1 Å². The van der Waals surface area contributed by atoms with Gasteiger partial charge in [-0.15, -0.1) is 0 Å². The van der Waals surface area contributed by atoms with Crippen LogP contribution < -0.4 is 5.32 Å². The van der Waals surface area contributed by atoms with Crippen LogP contribution in [0.5, 0.6) is 0 Å². The van der Waals surface area contributed by atoms with E-state index < -0.39 is 0 Å². The molecule has 1 aromatic heterocycles. The van der Waals surface area contributed by atoms with Crippen LogP contribution in [0.2, 0.25) is 5.02 Å². The number of halogens is 1. The fourth-order valence-corrected chi connectivity index (χ4v) is 3.32. The molecule has 3 nitrogen and oxygen atoms in total. The molecule has 0 aromatic carbocycles. The fraction of sp³-hybridized carbons (Fsp3) is 0.706. The molecule has 0 radical (unpaired) electrons. The van der Waals surface area contributed by atoms with Crippen molar-refractivity contribution >= 4 is 11.6 Å². The van der Waals surface area contributed by atoms with Gasteiger partial charge in [-0.1, -0.05) is 37.1 Å². The molecular formula is C17H28ClN3. The molecule has 1 atom stereocenters. The van der Waals surface area contributed by atoms with Gasteiger partial charge in [-0.25, -0.2) is 0 Å². The maximum atomic E-state index is 6.43. The van der Waals surface area contributed by atoms with Crippen molar-refractivity contribution in [2.24, 2.45) is 0 Å². The van der Waals surface area contributed by atoms with Crippen molar-refractivity contribution < 1.29 is 0 Å². The molecule has 1 N–H and O–H groups in total. The summed E-state index contributed by atoms with van der Waals surface area (Å²) in [5.41, 5.74) is 2.74. The first-order valence-corrected chi connectivity index (χ1v) is 8.76. The first-order valence-electron chi connectivity index (χ1n) is 8.38. The van der Waals surface area contributed by atoms with Crippen LogP contribution in [0.1, 0.15) is 70.5 Å². The number of hydrogen-bond acceptors (Lipinski definition) is 2. The molecule has 1 heterocycles. The zero-order chi connectivity index (χ0) is 15.1. The van der Waals surface area contributed by atoms with Gasteiger partial charge in [0.25, 0.3) is 0 Å². The second-order valence-corrected chi connectivity index (χ2v) is 6.33. The maximum Gasteiger partial charge on any atom is 0.0834 e. The van der Waals surface area contributed by atoms with E-state index in [-0.39, 0.29) is 6.04 Å². The minimum absolute atomic E-state index is 0.288. The number of allylic oxidation sites excluding steroid dienone is 1. The van der Waals surface area contributed by atoms with Crippen LogP contribution in [0.3, 0.4) is 0 Å². The first kappa shape index (κ1) is 16.6. The van der Waals surface area contributed by atoms with Crippen molar-refractivity contribution in [2.75, 3.05) is 6.54 Å². The molecule has 1 aliphatic carbocycles. The Hall–Kier alpha value is -0.800. The molecule has 118 valence electrons. The van der Waals surface area contributed by atoms with Crippen LogP contribution >= 0.6 is 11.6 Å². The molecule has 0 bridgehead atoms. The standard InChI is InChI=1S/C17H28ClN3/c1-3-10-19-16(12-14-8-6-5-7-9-14)17-15(18)13-20-21(17)11-4-2/h8,13,16,19H,3-7,9-12H2,1-2H3. The average molecular weight is 310 g/mol. The molecule has 4 heteroatoms. The highest BCUT2D eigenvalue weighted by Gasteiger charge is 2.21. The number of nitrogens with zero attached hydrogens (tertiary/aromatic N) is 2. The Balaban J connectivity index is 2.18. The molecule has 2 rings (SSSR count). The van der Waals surface area contributed by atoms with E-state index in [9.17, 15) is 0 Å². The van der Waals surface area contributed by atoms with Gasteiger partial charge in [0.15, 0.2) is 0 Å². The monoisotopic (exact) mass is 309 g/mol. The summed E-state index contributed by atoms with van der Waals surface area (Å²) in [6.45, 7) is 6.34. The SMILES string of the molecule is CCCNC(CC1=CCCCC1)c1c(Cl)cnn1CCC. The molecule has 1 aromatic rings. The van der Waals surface area contributed by atoms with Gasteiger partial charge in [0.2, 0.25) is 0 Å². The quantitative estimate of drug-likeness (QED) is 0.694. The third kappa shape index (κ3) is 4.58. The van der Waals surface area contributed by atoms with Gasteiger partial charge in [0, 0.05) is 6.54 Å². The smallest absolute Gasteiger partial charge is 0.0834 e. The number of aromatic nitrogens is 2. The topological polar surface area (TPSA) is 29.9 Å². The van der Waals surface area contributed by atoms with Crippen LogP contribution in [0, 0.1) is 0 Å². The number of rotatable bonds is 8. The van der Waals surface area contributed by atoms with Crippen molar-refractivity contribution in [3.8, 4) is 0 Å². The van der Waals surface area contributed by atoms with E-state index in [1.54, 1.807) is 11.8 Å². The second-order valence-electron chi connectivity index (χ2n) is 5.92. The van der Waals surface area contributed by atoms with Crippen LogP contribution in [-0.2, 0) is 6.54 Å². The minimum Gasteiger partial charge on any atom is -0.308 e. The average Bonchev–Trinajstić information content (AvgIpc) is 2.86. The third-order valence-electron chi connectivity index (χ3n) is 4.09. The van der Waals surface area contributed by atoms with Gasteiger partial charge in [-0.05, 0) is 51.5 Å². The van der Waals surface area contributed by atoms with Gasteiger partial charge < -0.3 is 5.32 Å². The van der Waals surface area contributed by atoms with Gasteiger partial charge in [0.1, 0.15) is 0 Å². The summed E-state index contributed by atoms with van der Waals surface area (Å²) in [6.07, 6.45) is 12.6. The zero-order valence-corrected chi connectivity index (χ0v) is 14.1. The van der Waals surface area contributed by atoms with Crippen molar-refractivity contribution in [3.63, 3.8) is 0 Å². The molecule has 0 saturated carbocycles. The lowest BCUT2D eigenvalue weighted by Gasteiger charge is -2.23. The predicted molar refractivity (Wildman–Crippen MR) is 89.7 cm³/mol. The van der Waals surface area contributed by atoms with Crippen molar-refractivity contribution in [1.29, 1.82) is 0 Å². The van der Waals surface area contributed by atoms with Crippen LogP contribution in [0.25, 0.3) is 0 Å². The number of nitrogens with one attached hydrogen (secondary N) is 1. The molecule has 1 unspecified atom stereocenters. The highest BCUT2D eigenvalue weighted by Crippen LogP contribution is 2.31. The Labute approximate surface area is 133 Å². The Morgan fingerprint density at radius 1 is 1.33 bits per heavy atom. The van der Waals surface area contributed by atoms with E-state index >= 15 is 0 Å². The third-order valence-corrected chi connectivity index (χ3v) is 4.38. The van der Waals surface area contributed by atoms with Gasteiger partial charge in [-0.2, -0.15) is 5.10 Å². The zero-order valence-electron chi connectivity index (χ0n) is 13.4. The first-order chi connectivity index (χ1) is 10.3. The van der Waals surface area contributed by atoms with Gasteiger partial charge >= 0.3 is 0 Å².